The lowest BCUT2D eigenvalue weighted by Crippen LogP contribution is -2.33. The average molecular weight is 304 g/mol. The Bertz CT molecular complexity index is 608. The Balaban J connectivity index is 2.10. The zero-order valence-corrected chi connectivity index (χ0v) is 12.4. The predicted molar refractivity (Wildman–Crippen MR) is 80.9 cm³/mol. The van der Waals surface area contributed by atoms with Crippen molar-refractivity contribution in [3.63, 3.8) is 0 Å². The van der Waals surface area contributed by atoms with Gasteiger partial charge in [0.05, 0.1) is 12.7 Å². The molecule has 0 spiro atoms. The molecular formula is C15H16N2O3S. The summed E-state index contributed by atoms with van der Waals surface area (Å²) in [5.41, 5.74) is 6.59. The van der Waals surface area contributed by atoms with E-state index in [4.69, 9.17) is 5.73 Å². The van der Waals surface area contributed by atoms with Gasteiger partial charge in [-0.3, -0.25) is 10.1 Å². The second-order valence-electron chi connectivity index (χ2n) is 4.41. The molecule has 110 valence electrons. The molecule has 0 aliphatic carbocycles. The first kappa shape index (κ1) is 15.2. The first-order chi connectivity index (χ1) is 10.1. The molecule has 21 heavy (non-hydrogen) atoms. The minimum Gasteiger partial charge on any atom is -0.465 e. The van der Waals surface area contributed by atoms with Crippen LogP contribution in [0.15, 0.2) is 41.8 Å². The van der Waals surface area contributed by atoms with Crippen LogP contribution in [0.25, 0.3) is 0 Å². The van der Waals surface area contributed by atoms with E-state index in [-0.39, 0.29) is 0 Å². The lowest BCUT2D eigenvalue weighted by molar-refractivity contribution is -0.120. The number of nitrogens with two attached hydrogens (primary N) is 1. The second-order valence-corrected chi connectivity index (χ2v) is 5.44. The third-order valence-electron chi connectivity index (χ3n) is 3.01. The summed E-state index contributed by atoms with van der Waals surface area (Å²) in [7, 11) is 1.32. The van der Waals surface area contributed by atoms with Gasteiger partial charge in [0, 0.05) is 11.4 Å². The van der Waals surface area contributed by atoms with Crippen LogP contribution in [0.3, 0.4) is 0 Å². The van der Waals surface area contributed by atoms with Crippen molar-refractivity contribution in [2.75, 3.05) is 7.11 Å². The smallest absolute Gasteiger partial charge is 0.337 e. The van der Waals surface area contributed by atoms with Crippen molar-refractivity contribution in [1.82, 2.24) is 5.32 Å². The van der Waals surface area contributed by atoms with Crippen LogP contribution in [0.1, 0.15) is 26.8 Å². The number of carbonyl (C=O) groups is 2. The first-order valence-electron chi connectivity index (χ1n) is 6.35. The van der Waals surface area contributed by atoms with Crippen molar-refractivity contribution in [3.05, 3.63) is 57.8 Å². The van der Waals surface area contributed by atoms with Crippen LogP contribution < -0.4 is 11.1 Å². The van der Waals surface area contributed by atoms with Gasteiger partial charge in [-0.2, -0.15) is 0 Å². The lowest BCUT2D eigenvalue weighted by Gasteiger charge is -2.15. The summed E-state index contributed by atoms with van der Waals surface area (Å²) in [5, 5.41) is 5.09. The molecule has 0 aliphatic heterocycles. The van der Waals surface area contributed by atoms with Gasteiger partial charge in [-0.25, -0.2) is 4.79 Å². The molecule has 1 atom stereocenters. The molecule has 0 fully saturated rings. The highest BCUT2D eigenvalue weighted by molar-refractivity contribution is 7.09. The van der Waals surface area contributed by atoms with Gasteiger partial charge in [0.15, 0.2) is 0 Å². The van der Waals surface area contributed by atoms with Crippen molar-refractivity contribution in [3.8, 4) is 0 Å². The number of esters is 1. The largest absolute Gasteiger partial charge is 0.465 e. The van der Waals surface area contributed by atoms with Gasteiger partial charge in [-0.15, -0.1) is 11.3 Å². The van der Waals surface area contributed by atoms with Crippen LogP contribution in [0.2, 0.25) is 0 Å². The number of ether oxygens (including phenoxy) is 1. The molecular weight excluding hydrogens is 288 g/mol. The van der Waals surface area contributed by atoms with Gasteiger partial charge >= 0.3 is 5.97 Å². The molecule has 0 bridgehead atoms. The Hall–Kier alpha value is -2.18. The van der Waals surface area contributed by atoms with E-state index in [0.29, 0.717) is 17.7 Å². The van der Waals surface area contributed by atoms with Crippen LogP contribution in [0.5, 0.6) is 0 Å². The molecule has 2 rings (SSSR count). The van der Waals surface area contributed by atoms with E-state index in [1.807, 2.05) is 17.5 Å². The van der Waals surface area contributed by atoms with Crippen LogP contribution >= 0.6 is 11.3 Å². The van der Waals surface area contributed by atoms with Crippen molar-refractivity contribution < 1.29 is 14.3 Å². The van der Waals surface area contributed by atoms with Crippen LogP contribution in [-0.2, 0) is 16.1 Å². The van der Waals surface area contributed by atoms with E-state index >= 15 is 0 Å². The molecule has 6 heteroatoms. The summed E-state index contributed by atoms with van der Waals surface area (Å²) in [6.07, 6.45) is 0. The normalized spacial score (nSPS) is 11.9. The molecule has 2 aromatic rings. The minimum atomic E-state index is -0.598. The van der Waals surface area contributed by atoms with Gasteiger partial charge in [0.1, 0.15) is 6.04 Å². The molecule has 1 amide bonds. The third-order valence-corrected chi connectivity index (χ3v) is 3.89. The summed E-state index contributed by atoms with van der Waals surface area (Å²) in [4.78, 5) is 24.1. The van der Waals surface area contributed by atoms with Gasteiger partial charge in [0.25, 0.3) is 0 Å². The highest BCUT2D eigenvalue weighted by Crippen LogP contribution is 2.16. The quantitative estimate of drug-likeness (QED) is 0.798. The predicted octanol–water partition coefficient (Wildman–Crippen LogP) is 1.85. The zero-order chi connectivity index (χ0) is 15.2. The molecule has 1 unspecified atom stereocenters. The van der Waals surface area contributed by atoms with Crippen molar-refractivity contribution >= 4 is 23.2 Å². The van der Waals surface area contributed by atoms with Crippen LogP contribution in [0, 0.1) is 0 Å². The Labute approximate surface area is 126 Å². The van der Waals surface area contributed by atoms with E-state index in [1.54, 1.807) is 35.6 Å². The Morgan fingerprint density at radius 2 is 2.00 bits per heavy atom. The topological polar surface area (TPSA) is 81.4 Å². The van der Waals surface area contributed by atoms with E-state index in [9.17, 15) is 9.59 Å². The minimum absolute atomic E-state index is 0.413. The maximum atomic E-state index is 11.6. The standard InChI is InChI=1S/C15H16N2O3S/c1-20-15(19)11-6-4-10(5-7-11)13(14(16)18)17-9-12-3-2-8-21-12/h2-8,13,17H,9H2,1H3,(H2,16,18). The van der Waals surface area contributed by atoms with Crippen molar-refractivity contribution in [2.24, 2.45) is 5.73 Å². The highest BCUT2D eigenvalue weighted by atomic mass is 32.1. The number of hydrogen-bond donors (Lipinski definition) is 2. The SMILES string of the molecule is COC(=O)c1ccc(C(NCc2cccs2)C(N)=O)cc1. The first-order valence-corrected chi connectivity index (χ1v) is 7.23. The summed E-state index contributed by atoms with van der Waals surface area (Å²) in [5.74, 6) is -0.874. The van der Waals surface area contributed by atoms with Crippen LogP contribution in [-0.4, -0.2) is 19.0 Å². The van der Waals surface area contributed by atoms with E-state index < -0.39 is 17.9 Å². The molecule has 1 aromatic heterocycles. The molecule has 1 heterocycles. The number of amides is 1. The molecule has 0 saturated carbocycles. The Kier molecular flexibility index (Phi) is 5.08. The number of benzene rings is 1. The Morgan fingerprint density at radius 3 is 2.52 bits per heavy atom. The van der Waals surface area contributed by atoms with Gasteiger partial charge in [-0.05, 0) is 29.1 Å². The number of rotatable bonds is 6. The number of primary amides is 1. The Morgan fingerprint density at radius 1 is 1.29 bits per heavy atom. The van der Waals surface area contributed by atoms with Gasteiger partial charge in [-0.1, -0.05) is 18.2 Å². The summed E-state index contributed by atoms with van der Waals surface area (Å²) >= 11 is 1.61. The average Bonchev–Trinajstić information content (AvgIpc) is 3.00. The fourth-order valence-corrected chi connectivity index (χ4v) is 2.58. The molecule has 0 aliphatic rings. The van der Waals surface area contributed by atoms with E-state index in [1.165, 1.54) is 7.11 Å². The number of nitrogens with one attached hydrogen (secondary N) is 1. The lowest BCUT2D eigenvalue weighted by atomic mass is 10.0. The maximum absolute atomic E-state index is 11.6. The molecule has 1 aromatic carbocycles. The number of methoxy groups -OCH3 is 1. The van der Waals surface area contributed by atoms with E-state index in [2.05, 4.69) is 10.1 Å². The monoisotopic (exact) mass is 304 g/mol. The fourth-order valence-electron chi connectivity index (χ4n) is 1.93. The van der Waals surface area contributed by atoms with Crippen molar-refractivity contribution in [2.45, 2.75) is 12.6 Å². The molecule has 5 nitrogen and oxygen atoms in total. The van der Waals surface area contributed by atoms with Crippen LogP contribution in [0.4, 0.5) is 0 Å². The summed E-state index contributed by atoms with van der Waals surface area (Å²) in [6, 6.07) is 9.96. The molecule has 0 saturated heterocycles. The number of hydrogen-bond acceptors (Lipinski definition) is 5. The summed E-state index contributed by atoms with van der Waals surface area (Å²) < 4.78 is 4.64. The highest BCUT2D eigenvalue weighted by Gasteiger charge is 2.18. The van der Waals surface area contributed by atoms with E-state index in [0.717, 1.165) is 4.88 Å². The van der Waals surface area contributed by atoms with Gasteiger partial charge in [0.2, 0.25) is 5.91 Å². The molecule has 0 radical (unpaired) electrons. The van der Waals surface area contributed by atoms with Crippen molar-refractivity contribution in [1.29, 1.82) is 0 Å². The number of carbonyl (C=O) groups excluding carboxylic acids is 2. The van der Waals surface area contributed by atoms with Gasteiger partial charge < -0.3 is 10.5 Å². The molecule has 3 N–H and O–H groups in total. The summed E-state index contributed by atoms with van der Waals surface area (Å²) in [6.45, 7) is 0.560. The zero-order valence-electron chi connectivity index (χ0n) is 11.5. The third kappa shape index (κ3) is 3.90. The second kappa shape index (κ2) is 7.01. The fraction of sp³-hybridized carbons (Fsp3) is 0.200. The maximum Gasteiger partial charge on any atom is 0.337 e. The number of thiophene rings is 1.